The lowest BCUT2D eigenvalue weighted by Crippen LogP contribution is -2.12. The lowest BCUT2D eigenvalue weighted by molar-refractivity contribution is 0.627. The molecule has 1 nitrogen and oxygen atoms in total. The van der Waals surface area contributed by atoms with Crippen molar-refractivity contribution in [3.63, 3.8) is 0 Å². The predicted molar refractivity (Wildman–Crippen MR) is 53.1 cm³/mol. The zero-order valence-corrected chi connectivity index (χ0v) is 7.76. The summed E-state index contributed by atoms with van der Waals surface area (Å²) in [6.45, 7) is 3.69. The monoisotopic (exact) mass is 177 g/mol. The Balaban J connectivity index is 2.84. The molecule has 0 amide bonds. The van der Waals surface area contributed by atoms with E-state index in [-0.39, 0.29) is 11.9 Å². The molecule has 0 aliphatic heterocycles. The third kappa shape index (κ3) is 2.79. The van der Waals surface area contributed by atoms with Gasteiger partial charge in [-0.3, -0.25) is 0 Å². The number of rotatable bonds is 2. The van der Waals surface area contributed by atoms with Crippen LogP contribution in [0, 0.1) is 25.1 Å². The first-order valence-corrected chi connectivity index (χ1v) is 4.11. The van der Waals surface area contributed by atoms with Crippen molar-refractivity contribution >= 4 is 5.69 Å². The van der Waals surface area contributed by atoms with Gasteiger partial charge in [0.1, 0.15) is 5.82 Å². The number of terminal acetylenes is 1. The van der Waals surface area contributed by atoms with Gasteiger partial charge < -0.3 is 5.32 Å². The Morgan fingerprint density at radius 1 is 1.46 bits per heavy atom. The summed E-state index contributed by atoms with van der Waals surface area (Å²) in [6.07, 6.45) is 5.19. The maximum absolute atomic E-state index is 12.9. The van der Waals surface area contributed by atoms with E-state index in [2.05, 4.69) is 11.2 Å². The molecule has 0 aromatic heterocycles. The van der Waals surface area contributed by atoms with E-state index in [4.69, 9.17) is 6.42 Å². The Labute approximate surface area is 78.0 Å². The maximum atomic E-state index is 12.9. The van der Waals surface area contributed by atoms with Crippen molar-refractivity contribution in [3.05, 3.63) is 29.6 Å². The van der Waals surface area contributed by atoms with Gasteiger partial charge in [0.05, 0.1) is 6.04 Å². The second-order valence-corrected chi connectivity index (χ2v) is 3.05. The largest absolute Gasteiger partial charge is 0.372 e. The number of nitrogens with one attached hydrogen (secondary N) is 1. The van der Waals surface area contributed by atoms with Crippen LogP contribution in [0.3, 0.4) is 0 Å². The Morgan fingerprint density at radius 2 is 2.15 bits per heavy atom. The molecule has 13 heavy (non-hydrogen) atoms. The Morgan fingerprint density at radius 3 is 2.69 bits per heavy atom. The zero-order chi connectivity index (χ0) is 9.84. The molecule has 0 heterocycles. The van der Waals surface area contributed by atoms with Crippen LogP contribution in [0.2, 0.25) is 0 Å². The fourth-order valence-electron chi connectivity index (χ4n) is 1.11. The Bertz CT molecular complexity index is 318. The second-order valence-electron chi connectivity index (χ2n) is 3.05. The number of hydrogen-bond donors (Lipinski definition) is 1. The molecular weight excluding hydrogens is 165 g/mol. The van der Waals surface area contributed by atoms with Gasteiger partial charge in [0.2, 0.25) is 0 Å². The first-order valence-electron chi connectivity index (χ1n) is 4.11. The quantitative estimate of drug-likeness (QED) is 0.684. The molecule has 1 atom stereocenters. The van der Waals surface area contributed by atoms with Gasteiger partial charge in [-0.2, -0.15) is 0 Å². The summed E-state index contributed by atoms with van der Waals surface area (Å²) < 4.78 is 12.9. The van der Waals surface area contributed by atoms with Gasteiger partial charge in [0.15, 0.2) is 0 Å². The average Bonchev–Trinajstić information content (AvgIpc) is 2.02. The topological polar surface area (TPSA) is 12.0 Å². The van der Waals surface area contributed by atoms with E-state index in [9.17, 15) is 4.39 Å². The van der Waals surface area contributed by atoms with Crippen LogP contribution in [0.5, 0.6) is 0 Å². The van der Waals surface area contributed by atoms with Crippen molar-refractivity contribution in [2.45, 2.75) is 19.9 Å². The normalized spacial score (nSPS) is 11.8. The highest BCUT2D eigenvalue weighted by Crippen LogP contribution is 2.13. The van der Waals surface area contributed by atoms with Crippen LogP contribution >= 0.6 is 0 Å². The molecule has 68 valence electrons. The van der Waals surface area contributed by atoms with Crippen molar-refractivity contribution in [1.29, 1.82) is 0 Å². The summed E-state index contributed by atoms with van der Waals surface area (Å²) >= 11 is 0. The number of benzene rings is 1. The molecule has 0 spiro atoms. The molecule has 0 aliphatic carbocycles. The van der Waals surface area contributed by atoms with Gasteiger partial charge in [-0.05, 0) is 37.6 Å². The van der Waals surface area contributed by atoms with Crippen molar-refractivity contribution in [3.8, 4) is 12.3 Å². The average molecular weight is 177 g/mol. The highest BCUT2D eigenvalue weighted by atomic mass is 19.1. The number of aryl methyl sites for hydroxylation is 1. The molecule has 0 fully saturated rings. The maximum Gasteiger partial charge on any atom is 0.125 e. The van der Waals surface area contributed by atoms with E-state index in [1.807, 2.05) is 19.9 Å². The highest BCUT2D eigenvalue weighted by molar-refractivity contribution is 5.47. The van der Waals surface area contributed by atoms with Crippen molar-refractivity contribution < 1.29 is 4.39 Å². The number of halogens is 1. The number of hydrogen-bond acceptors (Lipinski definition) is 1. The molecule has 2 heteroatoms. The SMILES string of the molecule is C#CC(C)Nc1cc(C)cc(F)c1. The minimum absolute atomic E-state index is 0.0822. The summed E-state index contributed by atoms with van der Waals surface area (Å²) in [7, 11) is 0. The third-order valence-corrected chi connectivity index (χ3v) is 1.68. The minimum atomic E-state index is -0.244. The van der Waals surface area contributed by atoms with E-state index in [0.717, 1.165) is 11.3 Å². The van der Waals surface area contributed by atoms with E-state index in [0.29, 0.717) is 0 Å². The van der Waals surface area contributed by atoms with Gasteiger partial charge >= 0.3 is 0 Å². The van der Waals surface area contributed by atoms with Crippen molar-refractivity contribution in [2.75, 3.05) is 5.32 Å². The molecule has 0 saturated carbocycles. The summed E-state index contributed by atoms with van der Waals surface area (Å²) in [5, 5.41) is 3.00. The number of anilines is 1. The van der Waals surface area contributed by atoms with Gasteiger partial charge in [-0.1, -0.05) is 5.92 Å². The van der Waals surface area contributed by atoms with Gasteiger partial charge in [-0.15, -0.1) is 6.42 Å². The lowest BCUT2D eigenvalue weighted by Gasteiger charge is -2.09. The molecule has 0 saturated heterocycles. The Hall–Kier alpha value is -1.49. The fraction of sp³-hybridized carbons (Fsp3) is 0.273. The van der Waals surface area contributed by atoms with E-state index < -0.39 is 0 Å². The van der Waals surface area contributed by atoms with Crippen LogP contribution in [0.1, 0.15) is 12.5 Å². The van der Waals surface area contributed by atoms with Crippen LogP contribution in [0.4, 0.5) is 10.1 Å². The van der Waals surface area contributed by atoms with Crippen molar-refractivity contribution in [1.82, 2.24) is 0 Å². The predicted octanol–water partition coefficient (Wildman–Crippen LogP) is 2.57. The van der Waals surface area contributed by atoms with Crippen LogP contribution in [0.15, 0.2) is 18.2 Å². The first-order chi connectivity index (χ1) is 6.11. The van der Waals surface area contributed by atoms with E-state index in [1.54, 1.807) is 0 Å². The van der Waals surface area contributed by atoms with Crippen LogP contribution in [0.25, 0.3) is 0 Å². The molecule has 0 bridgehead atoms. The fourth-order valence-corrected chi connectivity index (χ4v) is 1.11. The summed E-state index contributed by atoms with van der Waals surface area (Å²) in [4.78, 5) is 0. The first kappa shape index (κ1) is 9.60. The molecule has 0 aliphatic rings. The lowest BCUT2D eigenvalue weighted by atomic mass is 10.2. The smallest absolute Gasteiger partial charge is 0.125 e. The second kappa shape index (κ2) is 3.95. The third-order valence-electron chi connectivity index (χ3n) is 1.68. The molecule has 0 radical (unpaired) electrons. The Kier molecular flexibility index (Phi) is 2.92. The summed E-state index contributed by atoms with van der Waals surface area (Å²) in [5.74, 6) is 2.27. The molecule has 1 aromatic rings. The van der Waals surface area contributed by atoms with E-state index in [1.165, 1.54) is 12.1 Å². The van der Waals surface area contributed by atoms with Crippen LogP contribution in [-0.4, -0.2) is 6.04 Å². The standard InChI is InChI=1S/C11H12FN/c1-4-9(3)13-11-6-8(2)5-10(12)7-11/h1,5-7,9,13H,2-3H3. The van der Waals surface area contributed by atoms with E-state index >= 15 is 0 Å². The van der Waals surface area contributed by atoms with Gasteiger partial charge in [-0.25, -0.2) is 4.39 Å². The molecule has 1 unspecified atom stereocenters. The summed E-state index contributed by atoms with van der Waals surface area (Å²) in [6, 6.07) is 4.69. The molecule has 1 rings (SSSR count). The van der Waals surface area contributed by atoms with Crippen molar-refractivity contribution in [2.24, 2.45) is 0 Å². The zero-order valence-electron chi connectivity index (χ0n) is 7.76. The minimum Gasteiger partial charge on any atom is -0.372 e. The highest BCUT2D eigenvalue weighted by Gasteiger charge is 1.99. The van der Waals surface area contributed by atoms with Gasteiger partial charge in [0.25, 0.3) is 0 Å². The molecule has 1 N–H and O–H groups in total. The van der Waals surface area contributed by atoms with Crippen LogP contribution in [-0.2, 0) is 0 Å². The molecule has 1 aromatic carbocycles. The summed E-state index contributed by atoms with van der Waals surface area (Å²) in [5.41, 5.74) is 1.61. The van der Waals surface area contributed by atoms with Gasteiger partial charge in [0, 0.05) is 5.69 Å². The van der Waals surface area contributed by atoms with Crippen LogP contribution < -0.4 is 5.32 Å². The molecular formula is C11H12FN.